The van der Waals surface area contributed by atoms with E-state index in [2.05, 4.69) is 40.5 Å². The van der Waals surface area contributed by atoms with Crippen molar-refractivity contribution in [2.75, 3.05) is 13.1 Å². The second-order valence-corrected chi connectivity index (χ2v) is 7.23. The normalized spacial score (nSPS) is 21.7. The van der Waals surface area contributed by atoms with Crippen molar-refractivity contribution in [1.29, 1.82) is 0 Å². The van der Waals surface area contributed by atoms with Crippen molar-refractivity contribution in [2.45, 2.75) is 64.0 Å². The molecule has 1 aromatic carbocycles. The predicted molar refractivity (Wildman–Crippen MR) is 94.1 cm³/mol. The molecular formula is C20H30N2O. The molecule has 3 heteroatoms. The fourth-order valence-corrected chi connectivity index (χ4v) is 3.94. The van der Waals surface area contributed by atoms with Crippen LogP contribution in [0.5, 0.6) is 0 Å². The van der Waals surface area contributed by atoms with Crippen LogP contribution in [0.4, 0.5) is 0 Å². The van der Waals surface area contributed by atoms with Crippen LogP contribution in [0.1, 0.15) is 56.9 Å². The molecule has 1 amide bonds. The summed E-state index contributed by atoms with van der Waals surface area (Å²) in [5.74, 6) is 0.543. The molecule has 3 rings (SSSR count). The van der Waals surface area contributed by atoms with E-state index < -0.39 is 0 Å². The van der Waals surface area contributed by atoms with Crippen LogP contribution in [-0.2, 0) is 11.3 Å². The fourth-order valence-electron chi connectivity index (χ4n) is 3.94. The average molecular weight is 314 g/mol. The Labute approximate surface area is 140 Å². The summed E-state index contributed by atoms with van der Waals surface area (Å²) < 4.78 is 0. The minimum atomic E-state index is 0.227. The number of carbonyl (C=O) groups is 1. The van der Waals surface area contributed by atoms with Crippen molar-refractivity contribution in [2.24, 2.45) is 5.92 Å². The lowest BCUT2D eigenvalue weighted by atomic mass is 9.94. The van der Waals surface area contributed by atoms with Gasteiger partial charge in [0.25, 0.3) is 0 Å². The topological polar surface area (TPSA) is 32.3 Å². The Morgan fingerprint density at radius 1 is 0.957 bits per heavy atom. The van der Waals surface area contributed by atoms with E-state index in [-0.39, 0.29) is 5.92 Å². The van der Waals surface area contributed by atoms with Crippen molar-refractivity contribution >= 4 is 5.91 Å². The number of benzene rings is 1. The van der Waals surface area contributed by atoms with Gasteiger partial charge in [-0.25, -0.2) is 0 Å². The molecule has 1 aromatic rings. The van der Waals surface area contributed by atoms with Gasteiger partial charge in [-0.1, -0.05) is 56.0 Å². The highest BCUT2D eigenvalue weighted by Crippen LogP contribution is 2.21. The molecule has 2 aliphatic rings. The Kier molecular flexibility index (Phi) is 6.09. The summed E-state index contributed by atoms with van der Waals surface area (Å²) in [5.41, 5.74) is 1.37. The first-order chi connectivity index (χ1) is 11.3. The van der Waals surface area contributed by atoms with Crippen molar-refractivity contribution in [1.82, 2.24) is 10.2 Å². The minimum Gasteiger partial charge on any atom is -0.353 e. The third-order valence-electron chi connectivity index (χ3n) is 5.41. The lowest BCUT2D eigenvalue weighted by Crippen LogP contribution is -2.43. The number of rotatable bonds is 4. The van der Waals surface area contributed by atoms with Gasteiger partial charge in [-0.05, 0) is 44.3 Å². The van der Waals surface area contributed by atoms with Gasteiger partial charge in [0, 0.05) is 18.5 Å². The van der Waals surface area contributed by atoms with E-state index >= 15 is 0 Å². The molecule has 1 saturated carbocycles. The molecule has 0 unspecified atom stereocenters. The highest BCUT2D eigenvalue weighted by atomic mass is 16.1. The van der Waals surface area contributed by atoms with Crippen LogP contribution in [0.15, 0.2) is 30.3 Å². The van der Waals surface area contributed by atoms with E-state index in [1.165, 1.54) is 44.1 Å². The number of nitrogens with zero attached hydrogens (tertiary/aromatic N) is 1. The van der Waals surface area contributed by atoms with E-state index in [9.17, 15) is 4.79 Å². The van der Waals surface area contributed by atoms with Crippen LogP contribution in [0.25, 0.3) is 0 Å². The zero-order chi connectivity index (χ0) is 15.9. The van der Waals surface area contributed by atoms with E-state index in [1.807, 2.05) is 0 Å². The molecule has 1 aliphatic heterocycles. The first-order valence-corrected chi connectivity index (χ1v) is 9.38. The number of hydrogen-bond acceptors (Lipinski definition) is 2. The second-order valence-electron chi connectivity index (χ2n) is 7.23. The van der Waals surface area contributed by atoms with Gasteiger partial charge in [0.2, 0.25) is 5.91 Å². The molecule has 0 bridgehead atoms. The van der Waals surface area contributed by atoms with Crippen LogP contribution >= 0.6 is 0 Å². The van der Waals surface area contributed by atoms with Crippen molar-refractivity contribution in [3.05, 3.63) is 35.9 Å². The van der Waals surface area contributed by atoms with Gasteiger partial charge in [0.15, 0.2) is 0 Å². The lowest BCUT2D eigenvalue weighted by Gasteiger charge is -2.32. The van der Waals surface area contributed by atoms with Crippen LogP contribution in [-0.4, -0.2) is 29.9 Å². The van der Waals surface area contributed by atoms with Gasteiger partial charge in [0.1, 0.15) is 0 Å². The summed E-state index contributed by atoms with van der Waals surface area (Å²) in [6.45, 7) is 3.09. The van der Waals surface area contributed by atoms with Crippen LogP contribution in [0.2, 0.25) is 0 Å². The summed E-state index contributed by atoms with van der Waals surface area (Å²) in [6.07, 6.45) is 9.60. The molecule has 1 aliphatic carbocycles. The summed E-state index contributed by atoms with van der Waals surface area (Å²) in [6, 6.07) is 11.1. The van der Waals surface area contributed by atoms with Crippen LogP contribution in [0, 0.1) is 5.92 Å². The molecule has 1 saturated heterocycles. The first kappa shape index (κ1) is 16.5. The third kappa shape index (κ3) is 5.07. The van der Waals surface area contributed by atoms with E-state index in [4.69, 9.17) is 0 Å². The number of nitrogens with one attached hydrogen (secondary N) is 1. The summed E-state index contributed by atoms with van der Waals surface area (Å²) >= 11 is 0. The summed E-state index contributed by atoms with van der Waals surface area (Å²) in [5, 5.41) is 3.34. The van der Waals surface area contributed by atoms with E-state index in [1.54, 1.807) is 0 Å². The Balaban J connectivity index is 1.42. The zero-order valence-electron chi connectivity index (χ0n) is 14.2. The molecular weight excluding hydrogens is 284 g/mol. The first-order valence-electron chi connectivity index (χ1n) is 9.38. The standard InChI is InChI=1S/C20H30N2O/c23-20(21-19-10-6-1-2-7-11-19)18-12-14-22(15-13-18)16-17-8-4-3-5-9-17/h3-5,8-9,18-19H,1-2,6-7,10-16H2,(H,21,23). The Hall–Kier alpha value is -1.35. The highest BCUT2D eigenvalue weighted by molar-refractivity contribution is 5.79. The largest absolute Gasteiger partial charge is 0.353 e. The quantitative estimate of drug-likeness (QED) is 0.859. The zero-order valence-corrected chi connectivity index (χ0v) is 14.2. The third-order valence-corrected chi connectivity index (χ3v) is 5.41. The Morgan fingerprint density at radius 3 is 2.26 bits per heavy atom. The van der Waals surface area contributed by atoms with Crippen molar-refractivity contribution in [3.8, 4) is 0 Å². The van der Waals surface area contributed by atoms with Gasteiger partial charge in [-0.15, -0.1) is 0 Å². The van der Waals surface area contributed by atoms with Gasteiger partial charge in [-0.3, -0.25) is 9.69 Å². The monoisotopic (exact) mass is 314 g/mol. The van der Waals surface area contributed by atoms with Crippen molar-refractivity contribution < 1.29 is 4.79 Å². The number of carbonyl (C=O) groups excluding carboxylic acids is 1. The van der Waals surface area contributed by atoms with E-state index in [0.29, 0.717) is 11.9 Å². The number of likely N-dealkylation sites (tertiary alicyclic amines) is 1. The highest BCUT2D eigenvalue weighted by Gasteiger charge is 2.26. The average Bonchev–Trinajstić information content (AvgIpc) is 2.85. The molecule has 126 valence electrons. The predicted octanol–water partition coefficient (Wildman–Crippen LogP) is 3.74. The minimum absolute atomic E-state index is 0.227. The molecule has 0 radical (unpaired) electrons. The Morgan fingerprint density at radius 2 is 1.61 bits per heavy atom. The fraction of sp³-hybridized carbons (Fsp3) is 0.650. The Bertz CT molecular complexity index is 472. The number of piperidine rings is 1. The maximum atomic E-state index is 12.5. The number of amides is 1. The molecule has 23 heavy (non-hydrogen) atoms. The van der Waals surface area contributed by atoms with Gasteiger partial charge >= 0.3 is 0 Å². The molecule has 1 heterocycles. The molecule has 1 N–H and O–H groups in total. The molecule has 0 spiro atoms. The van der Waals surface area contributed by atoms with Gasteiger partial charge in [-0.2, -0.15) is 0 Å². The smallest absolute Gasteiger partial charge is 0.223 e. The number of hydrogen-bond donors (Lipinski definition) is 1. The maximum absolute atomic E-state index is 12.5. The van der Waals surface area contributed by atoms with Crippen LogP contribution < -0.4 is 5.32 Å². The SMILES string of the molecule is O=C(NC1CCCCCC1)C1CCN(Cc2ccccc2)CC1. The van der Waals surface area contributed by atoms with Crippen LogP contribution in [0.3, 0.4) is 0 Å². The lowest BCUT2D eigenvalue weighted by molar-refractivity contribution is -0.127. The second kappa shape index (κ2) is 8.49. The van der Waals surface area contributed by atoms with E-state index in [0.717, 1.165) is 32.5 Å². The van der Waals surface area contributed by atoms with Gasteiger partial charge < -0.3 is 5.32 Å². The maximum Gasteiger partial charge on any atom is 0.223 e. The molecule has 0 atom stereocenters. The molecule has 2 fully saturated rings. The summed E-state index contributed by atoms with van der Waals surface area (Å²) in [7, 11) is 0. The molecule has 0 aromatic heterocycles. The summed E-state index contributed by atoms with van der Waals surface area (Å²) in [4.78, 5) is 15.0. The van der Waals surface area contributed by atoms with Gasteiger partial charge in [0.05, 0.1) is 0 Å². The molecule has 3 nitrogen and oxygen atoms in total. The van der Waals surface area contributed by atoms with Crippen molar-refractivity contribution in [3.63, 3.8) is 0 Å².